The molecule has 2 fully saturated rings. The zero-order valence-electron chi connectivity index (χ0n) is 10.4. The molecule has 5 unspecified atom stereocenters. The van der Waals surface area contributed by atoms with Crippen LogP contribution in [-0.2, 0) is 4.79 Å². The number of hydrogen-bond donors (Lipinski definition) is 2. The number of carbonyl (C=O) groups excluding carboxylic acids is 1. The van der Waals surface area contributed by atoms with E-state index in [1.807, 2.05) is 6.92 Å². The third-order valence-corrected chi connectivity index (χ3v) is 4.33. The summed E-state index contributed by atoms with van der Waals surface area (Å²) in [6, 6.07) is 0.300. The van der Waals surface area contributed by atoms with Crippen molar-refractivity contribution in [1.29, 1.82) is 0 Å². The zero-order chi connectivity index (χ0) is 11.7. The summed E-state index contributed by atoms with van der Waals surface area (Å²) >= 11 is 0. The molecular weight excluding hydrogens is 200 g/mol. The topological polar surface area (TPSA) is 55.1 Å². The highest BCUT2D eigenvalue weighted by molar-refractivity contribution is 5.76. The Morgan fingerprint density at radius 3 is 2.62 bits per heavy atom. The average Bonchev–Trinajstić information content (AvgIpc) is 2.76. The molecule has 2 aliphatic rings. The lowest BCUT2D eigenvalue weighted by Gasteiger charge is -2.28. The van der Waals surface area contributed by atoms with Gasteiger partial charge in [0.05, 0.1) is 0 Å². The first kappa shape index (κ1) is 11.9. The summed E-state index contributed by atoms with van der Waals surface area (Å²) in [6.07, 6.45) is 5.97. The third-order valence-electron chi connectivity index (χ3n) is 4.33. The van der Waals surface area contributed by atoms with E-state index in [2.05, 4.69) is 12.2 Å². The van der Waals surface area contributed by atoms with Crippen molar-refractivity contribution in [1.82, 2.24) is 5.32 Å². The molecule has 0 aromatic rings. The van der Waals surface area contributed by atoms with Crippen molar-refractivity contribution in [2.24, 2.45) is 23.5 Å². The van der Waals surface area contributed by atoms with Gasteiger partial charge in [-0.25, -0.2) is 0 Å². The molecule has 3 nitrogen and oxygen atoms in total. The third kappa shape index (κ3) is 2.57. The van der Waals surface area contributed by atoms with Crippen LogP contribution in [0.25, 0.3) is 0 Å². The fourth-order valence-electron chi connectivity index (χ4n) is 3.62. The van der Waals surface area contributed by atoms with Gasteiger partial charge < -0.3 is 11.1 Å². The van der Waals surface area contributed by atoms with Crippen molar-refractivity contribution in [3.63, 3.8) is 0 Å². The highest BCUT2D eigenvalue weighted by atomic mass is 16.1. The fourth-order valence-corrected chi connectivity index (χ4v) is 3.62. The Labute approximate surface area is 98.2 Å². The van der Waals surface area contributed by atoms with Gasteiger partial charge in [-0.1, -0.05) is 6.42 Å². The maximum atomic E-state index is 11.6. The maximum absolute atomic E-state index is 11.6. The molecule has 0 heterocycles. The van der Waals surface area contributed by atoms with Crippen LogP contribution in [0.3, 0.4) is 0 Å². The standard InChI is InChI=1S/C13H24N2O/c1-8(14)5-13(16)15-9(2)12-7-10-3-4-11(12)6-10/h8-12H,3-7,14H2,1-2H3,(H,15,16). The quantitative estimate of drug-likeness (QED) is 0.763. The minimum atomic E-state index is -0.0350. The number of amides is 1. The van der Waals surface area contributed by atoms with Gasteiger partial charge in [0.1, 0.15) is 0 Å². The molecule has 0 saturated heterocycles. The van der Waals surface area contributed by atoms with E-state index in [1.54, 1.807) is 0 Å². The van der Waals surface area contributed by atoms with Gasteiger partial charge in [-0.05, 0) is 50.9 Å². The molecule has 16 heavy (non-hydrogen) atoms. The van der Waals surface area contributed by atoms with E-state index >= 15 is 0 Å². The minimum Gasteiger partial charge on any atom is -0.353 e. The summed E-state index contributed by atoms with van der Waals surface area (Å²) in [4.78, 5) is 11.6. The smallest absolute Gasteiger partial charge is 0.221 e. The van der Waals surface area contributed by atoms with Gasteiger partial charge in [0.2, 0.25) is 5.91 Å². The molecule has 1 amide bonds. The molecule has 2 saturated carbocycles. The van der Waals surface area contributed by atoms with E-state index in [0.29, 0.717) is 12.5 Å². The van der Waals surface area contributed by atoms with E-state index in [1.165, 1.54) is 25.7 Å². The van der Waals surface area contributed by atoms with E-state index in [4.69, 9.17) is 5.73 Å². The van der Waals surface area contributed by atoms with Crippen molar-refractivity contribution < 1.29 is 4.79 Å². The van der Waals surface area contributed by atoms with E-state index in [-0.39, 0.29) is 11.9 Å². The first-order valence-corrected chi connectivity index (χ1v) is 6.61. The molecular formula is C13H24N2O. The molecule has 92 valence electrons. The highest BCUT2D eigenvalue weighted by Crippen LogP contribution is 2.49. The fraction of sp³-hybridized carbons (Fsp3) is 0.923. The van der Waals surface area contributed by atoms with Crippen LogP contribution in [-0.4, -0.2) is 18.0 Å². The monoisotopic (exact) mass is 224 g/mol. The second kappa shape index (κ2) is 4.74. The van der Waals surface area contributed by atoms with Crippen LogP contribution < -0.4 is 11.1 Å². The molecule has 3 N–H and O–H groups in total. The van der Waals surface area contributed by atoms with Crippen LogP contribution in [0, 0.1) is 17.8 Å². The normalized spacial score (nSPS) is 36.1. The van der Waals surface area contributed by atoms with Crippen LogP contribution in [0.1, 0.15) is 46.0 Å². The van der Waals surface area contributed by atoms with Gasteiger partial charge in [-0.2, -0.15) is 0 Å². The molecule has 5 atom stereocenters. The van der Waals surface area contributed by atoms with E-state index in [9.17, 15) is 4.79 Å². The largest absolute Gasteiger partial charge is 0.353 e. The lowest BCUT2D eigenvalue weighted by Crippen LogP contribution is -2.41. The van der Waals surface area contributed by atoms with Crippen LogP contribution >= 0.6 is 0 Å². The summed E-state index contributed by atoms with van der Waals surface area (Å²) in [5.41, 5.74) is 5.62. The van der Waals surface area contributed by atoms with Crippen molar-refractivity contribution >= 4 is 5.91 Å². The summed E-state index contributed by atoms with van der Waals surface area (Å²) in [5, 5.41) is 3.12. The van der Waals surface area contributed by atoms with Gasteiger partial charge in [0.15, 0.2) is 0 Å². The Balaban J connectivity index is 1.80. The number of fused-ring (bicyclic) bond motifs is 2. The summed E-state index contributed by atoms with van der Waals surface area (Å²) in [5.74, 6) is 2.65. The van der Waals surface area contributed by atoms with Gasteiger partial charge in [0, 0.05) is 18.5 Å². The lowest BCUT2D eigenvalue weighted by atomic mass is 9.84. The molecule has 3 heteroatoms. The summed E-state index contributed by atoms with van der Waals surface area (Å²) in [7, 11) is 0. The molecule has 0 radical (unpaired) electrons. The van der Waals surface area contributed by atoms with Gasteiger partial charge in [0.25, 0.3) is 0 Å². The molecule has 2 aliphatic carbocycles. The predicted molar refractivity (Wildman–Crippen MR) is 64.8 cm³/mol. The lowest BCUT2D eigenvalue weighted by molar-refractivity contribution is -0.122. The van der Waals surface area contributed by atoms with Crippen LogP contribution in [0.4, 0.5) is 0 Å². The average molecular weight is 224 g/mol. The molecule has 0 aliphatic heterocycles. The number of nitrogens with two attached hydrogens (primary N) is 1. The van der Waals surface area contributed by atoms with Crippen LogP contribution in [0.2, 0.25) is 0 Å². The molecule has 0 aromatic carbocycles. The number of nitrogens with one attached hydrogen (secondary N) is 1. The second-order valence-corrected chi connectivity index (χ2v) is 5.88. The number of hydrogen-bond acceptors (Lipinski definition) is 2. The summed E-state index contributed by atoms with van der Waals surface area (Å²) in [6.45, 7) is 4.03. The maximum Gasteiger partial charge on any atom is 0.221 e. The van der Waals surface area contributed by atoms with Gasteiger partial charge in [-0.3, -0.25) is 4.79 Å². The zero-order valence-corrected chi connectivity index (χ0v) is 10.4. The highest BCUT2D eigenvalue weighted by Gasteiger charge is 2.42. The van der Waals surface area contributed by atoms with Crippen molar-refractivity contribution in [2.45, 2.75) is 58.0 Å². The Kier molecular flexibility index (Phi) is 3.53. The van der Waals surface area contributed by atoms with Gasteiger partial charge >= 0.3 is 0 Å². The van der Waals surface area contributed by atoms with Crippen LogP contribution in [0.15, 0.2) is 0 Å². The number of carbonyl (C=O) groups is 1. The Hall–Kier alpha value is -0.570. The molecule has 0 aromatic heterocycles. The number of rotatable bonds is 4. The van der Waals surface area contributed by atoms with E-state index in [0.717, 1.165) is 17.8 Å². The Bertz CT molecular complexity index is 265. The predicted octanol–water partition coefficient (Wildman–Crippen LogP) is 1.66. The van der Waals surface area contributed by atoms with E-state index < -0.39 is 0 Å². The minimum absolute atomic E-state index is 0.0350. The first-order valence-electron chi connectivity index (χ1n) is 6.61. The van der Waals surface area contributed by atoms with Crippen LogP contribution in [0.5, 0.6) is 0 Å². The Morgan fingerprint density at radius 1 is 1.38 bits per heavy atom. The Morgan fingerprint density at radius 2 is 2.12 bits per heavy atom. The molecule has 0 spiro atoms. The second-order valence-electron chi connectivity index (χ2n) is 5.88. The van der Waals surface area contributed by atoms with Crippen molar-refractivity contribution in [3.05, 3.63) is 0 Å². The molecule has 2 rings (SSSR count). The van der Waals surface area contributed by atoms with Crippen molar-refractivity contribution in [2.75, 3.05) is 0 Å². The van der Waals surface area contributed by atoms with Crippen molar-refractivity contribution in [3.8, 4) is 0 Å². The first-order chi connectivity index (χ1) is 7.56. The molecule has 2 bridgehead atoms. The SMILES string of the molecule is CC(N)CC(=O)NC(C)C1CC2CCC1C2. The summed E-state index contributed by atoms with van der Waals surface area (Å²) < 4.78 is 0. The van der Waals surface area contributed by atoms with Gasteiger partial charge in [-0.15, -0.1) is 0 Å².